The number of aromatic nitrogens is 3. The number of anilines is 3. The van der Waals surface area contributed by atoms with E-state index in [1.807, 2.05) is 12.1 Å². The normalized spacial score (nSPS) is 20.7. The quantitative estimate of drug-likeness (QED) is 0.348. The smallest absolute Gasteiger partial charge is 0.230 e. The SMILES string of the molecule is N#Cc1cc(-c2ncnc(Nc3ccc(N4CCN(C5COC5)CC4)cc3)n2)ccc1O[C@H]1CCN(C(=O)CCCO)C[C@H]1F. The second-order valence-corrected chi connectivity index (χ2v) is 11.5. The molecule has 2 N–H and O–H groups in total. The van der Waals surface area contributed by atoms with Crippen LogP contribution in [0.25, 0.3) is 11.4 Å². The average Bonchev–Trinajstić information content (AvgIpc) is 3.05. The van der Waals surface area contributed by atoms with Gasteiger partial charge >= 0.3 is 0 Å². The Labute approximate surface area is 261 Å². The maximum atomic E-state index is 14.9. The number of carbonyl (C=O) groups is 1. The number of aliphatic hydroxyl groups excluding tert-OH is 1. The van der Waals surface area contributed by atoms with E-state index < -0.39 is 12.3 Å². The zero-order valence-electron chi connectivity index (χ0n) is 25.0. The first-order valence-electron chi connectivity index (χ1n) is 15.4. The van der Waals surface area contributed by atoms with Gasteiger partial charge in [0.2, 0.25) is 11.9 Å². The van der Waals surface area contributed by atoms with E-state index >= 15 is 0 Å². The van der Waals surface area contributed by atoms with Crippen molar-refractivity contribution in [1.82, 2.24) is 24.8 Å². The van der Waals surface area contributed by atoms with Crippen molar-refractivity contribution in [2.45, 2.75) is 37.6 Å². The molecule has 1 amide bonds. The van der Waals surface area contributed by atoms with Gasteiger partial charge in [-0.2, -0.15) is 10.2 Å². The molecule has 0 aliphatic carbocycles. The molecule has 0 bridgehead atoms. The lowest BCUT2D eigenvalue weighted by atomic mass is 10.0. The van der Waals surface area contributed by atoms with Crippen LogP contribution in [0.5, 0.6) is 5.75 Å². The standard InChI is InChI=1S/C32H37FN8O4/c33-27-18-41(30(43)2-1-15-42)10-9-29(27)45-28-8-3-22(16-23(28)17-34)31-35-21-36-32(38-31)37-24-4-6-25(7-5-24)39-11-13-40(14-12-39)26-19-44-20-26/h3-8,16,21,26-27,29,42H,1-2,9-15,18-20H2,(H,35,36,37,38)/t27-,29+/m1/s1. The molecule has 0 spiro atoms. The number of piperazine rings is 1. The molecular formula is C32H37FN8O4. The van der Waals surface area contributed by atoms with E-state index in [0.29, 0.717) is 42.8 Å². The van der Waals surface area contributed by atoms with Gasteiger partial charge in [-0.05, 0) is 48.9 Å². The number of carbonyl (C=O) groups excluding carboxylic acids is 1. The molecule has 0 unspecified atom stereocenters. The summed E-state index contributed by atoms with van der Waals surface area (Å²) in [6.45, 7) is 5.92. The molecule has 2 aromatic carbocycles. The Balaban J connectivity index is 1.06. The molecule has 3 fully saturated rings. The Morgan fingerprint density at radius 1 is 1.11 bits per heavy atom. The fourth-order valence-corrected chi connectivity index (χ4v) is 5.81. The molecule has 6 rings (SSSR count). The van der Waals surface area contributed by atoms with E-state index in [0.717, 1.165) is 45.1 Å². The third-order valence-electron chi connectivity index (χ3n) is 8.53. The van der Waals surface area contributed by atoms with Crippen LogP contribution in [-0.4, -0.2) is 113 Å². The lowest BCUT2D eigenvalue weighted by molar-refractivity contribution is -0.135. The highest BCUT2D eigenvalue weighted by Gasteiger charge is 2.33. The number of aliphatic hydroxyl groups is 1. The van der Waals surface area contributed by atoms with E-state index in [2.05, 4.69) is 48.3 Å². The first-order valence-corrected chi connectivity index (χ1v) is 15.4. The van der Waals surface area contributed by atoms with E-state index in [1.54, 1.807) is 18.2 Å². The van der Waals surface area contributed by atoms with Crippen molar-refractivity contribution in [2.75, 3.05) is 69.3 Å². The number of nitrogens with zero attached hydrogens (tertiary/aromatic N) is 7. The maximum absolute atomic E-state index is 14.9. The minimum Gasteiger partial charge on any atom is -0.486 e. The van der Waals surface area contributed by atoms with Crippen LogP contribution in [0.3, 0.4) is 0 Å². The van der Waals surface area contributed by atoms with Crippen LogP contribution in [-0.2, 0) is 9.53 Å². The molecule has 3 saturated heterocycles. The Bertz CT molecular complexity index is 1510. The molecule has 0 saturated carbocycles. The lowest BCUT2D eigenvalue weighted by Crippen LogP contribution is -2.56. The summed E-state index contributed by atoms with van der Waals surface area (Å²) in [5.74, 6) is 0.822. The van der Waals surface area contributed by atoms with Gasteiger partial charge in [0.1, 0.15) is 24.3 Å². The van der Waals surface area contributed by atoms with Gasteiger partial charge in [0.15, 0.2) is 12.0 Å². The van der Waals surface area contributed by atoms with Crippen LogP contribution in [0.15, 0.2) is 48.8 Å². The number of ether oxygens (including phenoxy) is 2. The summed E-state index contributed by atoms with van der Waals surface area (Å²) in [5.41, 5.74) is 2.83. The largest absolute Gasteiger partial charge is 0.486 e. The summed E-state index contributed by atoms with van der Waals surface area (Å²) >= 11 is 0. The van der Waals surface area contributed by atoms with Crippen LogP contribution in [0.1, 0.15) is 24.8 Å². The molecule has 3 aromatic rings. The molecule has 12 nitrogen and oxygen atoms in total. The number of halogens is 1. The van der Waals surface area contributed by atoms with Crippen LogP contribution >= 0.6 is 0 Å². The maximum Gasteiger partial charge on any atom is 0.230 e. The van der Waals surface area contributed by atoms with Gasteiger partial charge in [-0.3, -0.25) is 9.69 Å². The highest BCUT2D eigenvalue weighted by Crippen LogP contribution is 2.29. The summed E-state index contributed by atoms with van der Waals surface area (Å²) in [5, 5.41) is 22.0. The number of nitriles is 1. The van der Waals surface area contributed by atoms with Crippen molar-refractivity contribution in [3.05, 3.63) is 54.4 Å². The molecular weight excluding hydrogens is 579 g/mol. The molecule has 13 heteroatoms. The first kappa shape index (κ1) is 30.6. The Morgan fingerprint density at radius 2 is 1.91 bits per heavy atom. The fourth-order valence-electron chi connectivity index (χ4n) is 5.81. The van der Waals surface area contributed by atoms with Crippen molar-refractivity contribution in [3.63, 3.8) is 0 Å². The Morgan fingerprint density at radius 3 is 2.60 bits per heavy atom. The van der Waals surface area contributed by atoms with Gasteiger partial charge in [0.25, 0.3) is 0 Å². The van der Waals surface area contributed by atoms with Crippen molar-refractivity contribution in [1.29, 1.82) is 5.26 Å². The minimum atomic E-state index is -1.40. The average molecular weight is 617 g/mol. The molecule has 236 valence electrons. The predicted molar refractivity (Wildman–Crippen MR) is 165 cm³/mol. The number of hydrogen-bond acceptors (Lipinski definition) is 11. The number of alkyl halides is 1. The highest BCUT2D eigenvalue weighted by molar-refractivity contribution is 5.76. The molecule has 1 aromatic heterocycles. The number of piperidine rings is 1. The van der Waals surface area contributed by atoms with Gasteiger partial charge in [-0.1, -0.05) is 0 Å². The lowest BCUT2D eigenvalue weighted by Gasteiger charge is -2.43. The van der Waals surface area contributed by atoms with Crippen LogP contribution < -0.4 is 15.0 Å². The monoisotopic (exact) mass is 616 g/mol. The summed E-state index contributed by atoms with van der Waals surface area (Å²) in [6.07, 6.45) is 0.0688. The molecule has 4 heterocycles. The summed E-state index contributed by atoms with van der Waals surface area (Å²) < 4.78 is 26.2. The van der Waals surface area contributed by atoms with E-state index in [-0.39, 0.29) is 36.8 Å². The molecule has 3 aliphatic heterocycles. The molecule has 45 heavy (non-hydrogen) atoms. The second-order valence-electron chi connectivity index (χ2n) is 11.5. The second kappa shape index (κ2) is 14.2. The number of rotatable bonds is 10. The predicted octanol–water partition coefficient (Wildman–Crippen LogP) is 2.76. The van der Waals surface area contributed by atoms with E-state index in [9.17, 15) is 14.4 Å². The number of amides is 1. The summed E-state index contributed by atoms with van der Waals surface area (Å²) in [7, 11) is 0. The topological polar surface area (TPSA) is 140 Å². The fraction of sp³-hybridized carbons (Fsp3) is 0.469. The van der Waals surface area contributed by atoms with Gasteiger partial charge < -0.3 is 29.7 Å². The number of likely N-dealkylation sites (tertiary alicyclic amines) is 1. The third kappa shape index (κ3) is 7.30. The first-order chi connectivity index (χ1) is 22.0. The van der Waals surface area contributed by atoms with Crippen molar-refractivity contribution >= 4 is 23.2 Å². The molecule has 0 radical (unpaired) electrons. The molecule has 3 aliphatic rings. The zero-order chi connectivity index (χ0) is 31.2. The number of hydrogen-bond donors (Lipinski definition) is 2. The van der Waals surface area contributed by atoms with Crippen LogP contribution in [0.2, 0.25) is 0 Å². The van der Waals surface area contributed by atoms with E-state index in [1.165, 1.54) is 16.9 Å². The van der Waals surface area contributed by atoms with Gasteiger partial charge in [-0.15, -0.1) is 0 Å². The van der Waals surface area contributed by atoms with Crippen LogP contribution in [0, 0.1) is 11.3 Å². The van der Waals surface area contributed by atoms with Crippen molar-refractivity contribution in [2.24, 2.45) is 0 Å². The minimum absolute atomic E-state index is 0.0776. The summed E-state index contributed by atoms with van der Waals surface area (Å²) in [4.78, 5) is 31.7. The number of benzene rings is 2. The Hall–Kier alpha value is -4.38. The highest BCUT2D eigenvalue weighted by atomic mass is 19.1. The third-order valence-corrected chi connectivity index (χ3v) is 8.53. The van der Waals surface area contributed by atoms with E-state index in [4.69, 9.17) is 14.6 Å². The summed E-state index contributed by atoms with van der Waals surface area (Å²) in [6, 6.07) is 15.8. The van der Waals surface area contributed by atoms with Crippen molar-refractivity contribution in [3.8, 4) is 23.2 Å². The van der Waals surface area contributed by atoms with Gasteiger partial charge in [0, 0.05) is 69.1 Å². The van der Waals surface area contributed by atoms with Gasteiger partial charge in [-0.25, -0.2) is 14.4 Å². The van der Waals surface area contributed by atoms with Crippen LogP contribution in [0.4, 0.5) is 21.7 Å². The van der Waals surface area contributed by atoms with Gasteiger partial charge in [0.05, 0.1) is 31.4 Å². The van der Waals surface area contributed by atoms with Crippen molar-refractivity contribution < 1.29 is 23.8 Å². The number of nitrogens with one attached hydrogen (secondary N) is 1. The zero-order valence-corrected chi connectivity index (χ0v) is 25.0. The Kier molecular flexibility index (Phi) is 9.63. The molecule has 2 atom stereocenters.